The maximum absolute atomic E-state index is 11.6. The van der Waals surface area contributed by atoms with Crippen molar-refractivity contribution >= 4 is 41.6 Å². The van der Waals surface area contributed by atoms with Gasteiger partial charge in [0.15, 0.2) is 0 Å². The summed E-state index contributed by atoms with van der Waals surface area (Å²) in [6.07, 6.45) is 2.58. The minimum absolute atomic E-state index is 0. The third-order valence-electron chi connectivity index (χ3n) is 4.60. The summed E-state index contributed by atoms with van der Waals surface area (Å²) >= 11 is 6.09. The smallest absolute Gasteiger partial charge is 0.269 e. The number of aromatic nitrogens is 2. The number of anilines is 2. The number of hydrogen-bond donors (Lipinski definition) is 2. The summed E-state index contributed by atoms with van der Waals surface area (Å²) in [5.74, 6) is 0.278. The summed E-state index contributed by atoms with van der Waals surface area (Å²) in [6, 6.07) is 9.63. The van der Waals surface area contributed by atoms with E-state index in [-0.39, 0.29) is 18.3 Å². The Morgan fingerprint density at radius 2 is 2.00 bits per heavy atom. The summed E-state index contributed by atoms with van der Waals surface area (Å²) < 4.78 is 0. The van der Waals surface area contributed by atoms with Gasteiger partial charge in [0.2, 0.25) is 5.95 Å². The number of amides is 1. The number of benzene rings is 1. The molecular weight excluding hydrogens is 399 g/mol. The molecule has 0 aliphatic carbocycles. The first-order valence-corrected chi connectivity index (χ1v) is 9.55. The van der Waals surface area contributed by atoms with Crippen molar-refractivity contribution in [1.29, 1.82) is 0 Å². The second-order valence-corrected chi connectivity index (χ2v) is 6.87. The third-order valence-corrected chi connectivity index (χ3v) is 4.83. The number of carbonyl (C=O) groups excluding carboxylic acids is 1. The first-order valence-electron chi connectivity index (χ1n) is 9.17. The van der Waals surface area contributed by atoms with Crippen LogP contribution in [0.2, 0.25) is 5.02 Å². The zero-order valence-corrected chi connectivity index (χ0v) is 17.5. The van der Waals surface area contributed by atoms with Gasteiger partial charge in [0.05, 0.1) is 0 Å². The van der Waals surface area contributed by atoms with E-state index in [4.69, 9.17) is 11.6 Å². The molecule has 0 bridgehead atoms. The molecule has 0 saturated carbocycles. The van der Waals surface area contributed by atoms with E-state index in [0.29, 0.717) is 11.6 Å². The fourth-order valence-corrected chi connectivity index (χ4v) is 3.29. The van der Waals surface area contributed by atoms with Crippen LogP contribution in [0.25, 0.3) is 0 Å². The molecule has 0 radical (unpaired) electrons. The number of carbonyl (C=O) groups is 1. The molecule has 1 amide bonds. The van der Waals surface area contributed by atoms with Crippen LogP contribution >= 0.6 is 24.0 Å². The van der Waals surface area contributed by atoms with Crippen LogP contribution in [0, 0.1) is 0 Å². The van der Waals surface area contributed by atoms with E-state index in [2.05, 4.69) is 36.5 Å². The second-order valence-electron chi connectivity index (χ2n) is 6.43. The molecule has 3 rings (SSSR count). The van der Waals surface area contributed by atoms with Gasteiger partial charge in [-0.25, -0.2) is 9.97 Å². The summed E-state index contributed by atoms with van der Waals surface area (Å²) in [6.45, 7) is 5.87. The zero-order valence-electron chi connectivity index (χ0n) is 15.9. The molecule has 2 N–H and O–H groups in total. The number of halogens is 2. The predicted molar refractivity (Wildman–Crippen MR) is 116 cm³/mol. The fraction of sp³-hybridized carbons (Fsp3) is 0.421. The van der Waals surface area contributed by atoms with Crippen LogP contribution in [0.1, 0.15) is 16.9 Å². The van der Waals surface area contributed by atoms with Crippen LogP contribution in [0.15, 0.2) is 36.5 Å². The van der Waals surface area contributed by atoms with E-state index >= 15 is 0 Å². The number of rotatable bonds is 7. The molecule has 2 heterocycles. The molecule has 1 aliphatic rings. The Morgan fingerprint density at radius 1 is 1.21 bits per heavy atom. The highest BCUT2D eigenvalue weighted by Crippen LogP contribution is 2.20. The topological polar surface area (TPSA) is 73.4 Å². The van der Waals surface area contributed by atoms with Crippen molar-refractivity contribution in [2.45, 2.75) is 6.42 Å². The summed E-state index contributed by atoms with van der Waals surface area (Å²) in [7, 11) is 1.59. The highest BCUT2D eigenvalue weighted by atomic mass is 35.5. The van der Waals surface area contributed by atoms with Crippen molar-refractivity contribution in [3.8, 4) is 0 Å². The van der Waals surface area contributed by atoms with E-state index in [0.717, 1.165) is 50.7 Å². The highest BCUT2D eigenvalue weighted by Gasteiger charge is 2.17. The average molecular weight is 425 g/mol. The van der Waals surface area contributed by atoms with Crippen LogP contribution in [0.3, 0.4) is 0 Å². The van der Waals surface area contributed by atoms with Gasteiger partial charge in [-0.05, 0) is 37.2 Å². The summed E-state index contributed by atoms with van der Waals surface area (Å²) in [4.78, 5) is 24.8. The van der Waals surface area contributed by atoms with Crippen molar-refractivity contribution in [2.24, 2.45) is 0 Å². The molecule has 1 aliphatic heterocycles. The van der Waals surface area contributed by atoms with E-state index in [1.807, 2.05) is 18.2 Å². The van der Waals surface area contributed by atoms with Gasteiger partial charge in [-0.3, -0.25) is 9.69 Å². The van der Waals surface area contributed by atoms with Crippen molar-refractivity contribution in [2.75, 3.05) is 56.5 Å². The minimum Gasteiger partial charge on any atom is -0.369 e. The first-order chi connectivity index (χ1) is 13.2. The van der Waals surface area contributed by atoms with Crippen molar-refractivity contribution in [3.63, 3.8) is 0 Å². The van der Waals surface area contributed by atoms with Crippen molar-refractivity contribution in [3.05, 3.63) is 47.2 Å². The largest absolute Gasteiger partial charge is 0.369 e. The maximum atomic E-state index is 11.6. The Labute approximate surface area is 176 Å². The molecule has 1 fully saturated rings. The Balaban J connectivity index is 0.00000280. The number of hydrogen-bond acceptors (Lipinski definition) is 6. The standard InChI is InChI=1S/C19H25ClN6O.ClH/c1-21-18(27)17-6-8-23-19(24-17)22-7-3-9-25-10-12-26(13-11-25)16-5-2-4-15(20)14-16;/h2,4-6,8,14H,3,7,9-13H2,1H3,(H,21,27)(H,22,23,24);1H. The summed E-state index contributed by atoms with van der Waals surface area (Å²) in [5, 5.41) is 6.53. The molecule has 9 heteroatoms. The molecule has 0 atom stereocenters. The normalized spacial score (nSPS) is 14.3. The Kier molecular flexibility index (Phi) is 8.76. The van der Waals surface area contributed by atoms with E-state index in [9.17, 15) is 4.79 Å². The maximum Gasteiger partial charge on any atom is 0.269 e. The van der Waals surface area contributed by atoms with Crippen LogP contribution in [-0.2, 0) is 0 Å². The second kappa shape index (κ2) is 11.0. The summed E-state index contributed by atoms with van der Waals surface area (Å²) in [5.41, 5.74) is 1.56. The monoisotopic (exact) mass is 424 g/mol. The fourth-order valence-electron chi connectivity index (χ4n) is 3.10. The van der Waals surface area contributed by atoms with E-state index in [1.165, 1.54) is 5.69 Å². The molecule has 2 aromatic rings. The third kappa shape index (κ3) is 6.22. The van der Waals surface area contributed by atoms with Gasteiger partial charge in [0.25, 0.3) is 5.91 Å². The van der Waals surface area contributed by atoms with Crippen LogP contribution in [-0.4, -0.2) is 67.1 Å². The first kappa shape index (κ1) is 22.2. The quantitative estimate of drug-likeness (QED) is 0.665. The molecule has 152 valence electrons. The van der Waals surface area contributed by atoms with Gasteiger partial charge in [-0.2, -0.15) is 0 Å². The van der Waals surface area contributed by atoms with Gasteiger partial charge in [-0.15, -0.1) is 12.4 Å². The number of nitrogens with zero attached hydrogens (tertiary/aromatic N) is 4. The molecule has 0 unspecified atom stereocenters. The predicted octanol–water partition coefficient (Wildman–Crippen LogP) is 2.54. The van der Waals surface area contributed by atoms with Gasteiger partial charge < -0.3 is 15.5 Å². The lowest BCUT2D eigenvalue weighted by molar-refractivity contribution is 0.0958. The van der Waals surface area contributed by atoms with E-state index < -0.39 is 0 Å². The lowest BCUT2D eigenvalue weighted by Gasteiger charge is -2.36. The molecule has 7 nitrogen and oxygen atoms in total. The van der Waals surface area contributed by atoms with Crippen LogP contribution in [0.5, 0.6) is 0 Å². The molecule has 28 heavy (non-hydrogen) atoms. The minimum atomic E-state index is -0.210. The Hall–Kier alpha value is -2.09. The molecular formula is C19H26Cl2N6O. The van der Waals surface area contributed by atoms with Crippen LogP contribution < -0.4 is 15.5 Å². The molecule has 0 spiro atoms. The van der Waals surface area contributed by atoms with Crippen molar-refractivity contribution in [1.82, 2.24) is 20.2 Å². The Morgan fingerprint density at radius 3 is 2.71 bits per heavy atom. The Bertz CT molecular complexity index is 768. The lowest BCUT2D eigenvalue weighted by atomic mass is 10.2. The highest BCUT2D eigenvalue weighted by molar-refractivity contribution is 6.30. The molecule has 1 aromatic carbocycles. The van der Waals surface area contributed by atoms with Crippen LogP contribution in [0.4, 0.5) is 11.6 Å². The van der Waals surface area contributed by atoms with Crippen molar-refractivity contribution < 1.29 is 4.79 Å². The molecule has 1 aromatic heterocycles. The molecule has 1 saturated heterocycles. The lowest BCUT2D eigenvalue weighted by Crippen LogP contribution is -2.46. The van der Waals surface area contributed by atoms with E-state index in [1.54, 1.807) is 19.3 Å². The van der Waals surface area contributed by atoms with Gasteiger partial charge in [-0.1, -0.05) is 17.7 Å². The number of nitrogens with one attached hydrogen (secondary N) is 2. The number of piperazine rings is 1. The van der Waals surface area contributed by atoms with Gasteiger partial charge >= 0.3 is 0 Å². The zero-order chi connectivity index (χ0) is 19.1. The SMILES string of the molecule is CNC(=O)c1ccnc(NCCCN2CCN(c3cccc(Cl)c3)CC2)n1.Cl. The average Bonchev–Trinajstić information content (AvgIpc) is 2.71. The van der Waals surface area contributed by atoms with Gasteiger partial charge in [0.1, 0.15) is 5.69 Å². The van der Waals surface area contributed by atoms with Gasteiger partial charge in [0, 0.05) is 56.7 Å².